The van der Waals surface area contributed by atoms with Crippen LogP contribution in [0.25, 0.3) is 6.08 Å². The maximum Gasteiger partial charge on any atom is 0.330 e. The first-order chi connectivity index (χ1) is 11.0. The number of halogens is 1. The predicted octanol–water partition coefficient (Wildman–Crippen LogP) is -0.442. The highest BCUT2D eigenvalue weighted by atomic mass is 79.9. The van der Waals surface area contributed by atoms with E-state index in [2.05, 4.69) is 20.9 Å². The number of aliphatic hydroxyl groups excluding tert-OH is 2. The third kappa shape index (κ3) is 3.23. The highest BCUT2D eigenvalue weighted by molar-refractivity contribution is 9.11. The fourth-order valence-electron chi connectivity index (χ4n) is 2.31. The molecule has 4 atom stereocenters. The van der Waals surface area contributed by atoms with E-state index in [1.807, 2.05) is 0 Å². The van der Waals surface area contributed by atoms with Crippen molar-refractivity contribution in [3.63, 3.8) is 0 Å². The zero-order valence-corrected chi connectivity index (χ0v) is 13.1. The topological polar surface area (TPSA) is 114 Å². The molecule has 1 fully saturated rings. The summed E-state index contributed by atoms with van der Waals surface area (Å²) in [5, 5.41) is 19.7. The van der Waals surface area contributed by atoms with Crippen molar-refractivity contribution in [2.45, 2.75) is 31.4 Å². The van der Waals surface area contributed by atoms with Gasteiger partial charge in [-0.15, -0.1) is 0 Å². The second-order valence-corrected chi connectivity index (χ2v) is 5.15. The number of hydrogen-bond donors (Lipinski definition) is 3. The number of hydrogen-bond acceptors (Lipinski definition) is 6. The molecule has 9 heteroatoms. The highest BCUT2D eigenvalue weighted by Crippen LogP contribution is 2.30. The van der Waals surface area contributed by atoms with Gasteiger partial charge >= 0.3 is 5.69 Å². The third-order valence-electron chi connectivity index (χ3n) is 3.31. The molecule has 0 saturated carbocycles. The Kier molecular flexibility index (Phi) is 5.21. The number of nitrogens with zero attached hydrogens (tertiary/aromatic N) is 1. The molecule has 1 unspecified atom stereocenters. The van der Waals surface area contributed by atoms with E-state index < -0.39 is 42.4 Å². The summed E-state index contributed by atoms with van der Waals surface area (Å²) in [6, 6.07) is 0. The zero-order valence-electron chi connectivity index (χ0n) is 12.5. The molecule has 1 aliphatic rings. The number of aliphatic hydroxyl groups is 2. The summed E-state index contributed by atoms with van der Waals surface area (Å²) in [5.41, 5.74) is -1.13. The molecule has 122 valence electrons. The van der Waals surface area contributed by atoms with Crippen molar-refractivity contribution < 1.29 is 21.1 Å². The van der Waals surface area contributed by atoms with Gasteiger partial charge in [0, 0.05) is 14.2 Å². The molecule has 1 saturated heterocycles. The predicted molar refractivity (Wildman–Crippen MR) is 81.7 cm³/mol. The highest BCUT2D eigenvalue weighted by Gasteiger charge is 2.45. The van der Waals surface area contributed by atoms with E-state index in [9.17, 15) is 19.8 Å². The summed E-state index contributed by atoms with van der Waals surface area (Å²) in [6.07, 6.45) is -1.36. The summed E-state index contributed by atoms with van der Waals surface area (Å²) >= 11 is 3.05. The third-order valence-corrected chi connectivity index (χ3v) is 3.58. The van der Waals surface area contributed by atoms with Crippen LogP contribution in [0.15, 0.2) is 20.8 Å². The number of aromatic amines is 1. The SMILES string of the molecule is [2H]CCO[C@H]1[C@H](O)C(n2cc(/C=C/Br)c(=O)[nH]c2=O)O[C@@H]1CO. The van der Waals surface area contributed by atoms with E-state index in [1.165, 1.54) is 17.3 Å². The molecule has 1 aromatic heterocycles. The van der Waals surface area contributed by atoms with Gasteiger partial charge in [-0.25, -0.2) is 4.79 Å². The first-order valence-corrected chi connectivity index (χ1v) is 7.42. The maximum absolute atomic E-state index is 12.0. The van der Waals surface area contributed by atoms with Gasteiger partial charge in [0.1, 0.15) is 18.3 Å². The smallest absolute Gasteiger partial charge is 0.330 e. The fraction of sp³-hybridized carbons (Fsp3) is 0.538. The summed E-state index contributed by atoms with van der Waals surface area (Å²) in [6.45, 7) is -0.361. The van der Waals surface area contributed by atoms with Gasteiger partial charge in [-0.3, -0.25) is 14.3 Å². The molecule has 0 aromatic carbocycles. The number of nitrogens with one attached hydrogen (secondary N) is 1. The fourth-order valence-corrected chi connectivity index (χ4v) is 2.60. The molecule has 0 spiro atoms. The van der Waals surface area contributed by atoms with Crippen LogP contribution in [0.1, 0.15) is 20.1 Å². The van der Waals surface area contributed by atoms with Gasteiger partial charge in [0.15, 0.2) is 6.23 Å². The average Bonchev–Trinajstić information content (AvgIpc) is 2.84. The van der Waals surface area contributed by atoms with Gasteiger partial charge in [-0.1, -0.05) is 15.9 Å². The molecule has 0 bridgehead atoms. The minimum atomic E-state index is -1.23. The van der Waals surface area contributed by atoms with Gasteiger partial charge in [-0.2, -0.15) is 0 Å². The number of H-pyrrole nitrogens is 1. The monoisotopic (exact) mass is 377 g/mol. The van der Waals surface area contributed by atoms with Crippen LogP contribution in [0.4, 0.5) is 0 Å². The molecule has 2 rings (SSSR count). The molecule has 1 aliphatic heterocycles. The van der Waals surface area contributed by atoms with Gasteiger partial charge in [0.2, 0.25) is 0 Å². The van der Waals surface area contributed by atoms with Crippen molar-refractivity contribution in [3.8, 4) is 0 Å². The normalized spacial score (nSPS) is 29.1. The molecule has 8 nitrogen and oxygen atoms in total. The molecule has 0 amide bonds. The first kappa shape index (κ1) is 15.6. The molecular weight excluding hydrogens is 360 g/mol. The quantitative estimate of drug-likeness (QED) is 0.640. The van der Waals surface area contributed by atoms with Gasteiger partial charge in [0.05, 0.1) is 12.2 Å². The van der Waals surface area contributed by atoms with E-state index in [0.29, 0.717) is 0 Å². The Labute approximate surface area is 135 Å². The molecule has 2 heterocycles. The van der Waals surface area contributed by atoms with Crippen molar-refractivity contribution in [2.75, 3.05) is 13.2 Å². The summed E-state index contributed by atoms with van der Waals surface area (Å²) in [5.74, 6) is 0. The van der Waals surface area contributed by atoms with Crippen molar-refractivity contribution >= 4 is 22.0 Å². The van der Waals surface area contributed by atoms with Crippen LogP contribution in [0, 0.1) is 0 Å². The second kappa shape index (κ2) is 7.34. The number of rotatable bonds is 5. The standard InChI is InChI=1S/C13H17BrN2O6/c1-2-21-10-8(6-17)22-12(9(10)18)16-5-7(3-4-14)11(19)15-13(16)20/h3-5,8-10,12,17-18H,2,6H2,1H3,(H,15,19,20)/b4-3+/t8-,9+,10-,12?/m1/s1/i1D. The Balaban J connectivity index is 2.36. The Morgan fingerprint density at radius 1 is 1.64 bits per heavy atom. The average molecular weight is 378 g/mol. The van der Waals surface area contributed by atoms with Crippen LogP contribution in [0.3, 0.4) is 0 Å². The molecule has 0 aliphatic carbocycles. The zero-order chi connectivity index (χ0) is 17.0. The lowest BCUT2D eigenvalue weighted by atomic mass is 10.1. The lowest BCUT2D eigenvalue weighted by molar-refractivity contribution is -0.0606. The summed E-state index contributed by atoms with van der Waals surface area (Å²) < 4.78 is 18.9. The Morgan fingerprint density at radius 3 is 3.05 bits per heavy atom. The Morgan fingerprint density at radius 2 is 2.41 bits per heavy atom. The van der Waals surface area contributed by atoms with Crippen LogP contribution >= 0.6 is 15.9 Å². The first-order valence-electron chi connectivity index (χ1n) is 7.21. The number of ether oxygens (including phenoxy) is 2. The molecule has 22 heavy (non-hydrogen) atoms. The Bertz CT molecular complexity index is 675. The Hall–Kier alpha value is -1.26. The van der Waals surface area contributed by atoms with Crippen molar-refractivity contribution in [1.29, 1.82) is 0 Å². The summed E-state index contributed by atoms with van der Waals surface area (Å²) in [7, 11) is 0. The van der Waals surface area contributed by atoms with Crippen LogP contribution in [-0.2, 0) is 9.47 Å². The van der Waals surface area contributed by atoms with Gasteiger partial charge < -0.3 is 19.7 Å². The maximum atomic E-state index is 12.0. The lowest BCUT2D eigenvalue weighted by Crippen LogP contribution is -2.39. The van der Waals surface area contributed by atoms with E-state index in [-0.39, 0.29) is 19.1 Å². The van der Waals surface area contributed by atoms with Gasteiger partial charge in [0.25, 0.3) is 5.56 Å². The molecule has 3 N–H and O–H groups in total. The largest absolute Gasteiger partial charge is 0.394 e. The van der Waals surface area contributed by atoms with E-state index in [0.717, 1.165) is 4.57 Å². The lowest BCUT2D eigenvalue weighted by Gasteiger charge is -2.19. The van der Waals surface area contributed by atoms with Crippen LogP contribution in [0.2, 0.25) is 0 Å². The van der Waals surface area contributed by atoms with E-state index in [4.69, 9.17) is 10.8 Å². The van der Waals surface area contributed by atoms with Crippen LogP contribution in [-0.4, -0.2) is 51.3 Å². The summed E-state index contributed by atoms with van der Waals surface area (Å²) in [4.78, 5) is 27.3. The van der Waals surface area contributed by atoms with Crippen LogP contribution in [0.5, 0.6) is 0 Å². The van der Waals surface area contributed by atoms with Crippen molar-refractivity contribution in [2.24, 2.45) is 0 Å². The number of aromatic nitrogens is 2. The van der Waals surface area contributed by atoms with Crippen molar-refractivity contribution in [3.05, 3.63) is 37.6 Å². The van der Waals surface area contributed by atoms with E-state index >= 15 is 0 Å². The molecular formula is C13H17BrN2O6. The van der Waals surface area contributed by atoms with Crippen molar-refractivity contribution in [1.82, 2.24) is 9.55 Å². The van der Waals surface area contributed by atoms with Crippen LogP contribution < -0.4 is 11.2 Å². The van der Waals surface area contributed by atoms with E-state index in [1.54, 1.807) is 0 Å². The second-order valence-electron chi connectivity index (χ2n) is 4.62. The molecule has 1 aromatic rings. The minimum absolute atomic E-state index is 0.00909. The van der Waals surface area contributed by atoms with Gasteiger partial charge in [-0.05, 0) is 18.0 Å². The molecule has 0 radical (unpaired) electrons. The minimum Gasteiger partial charge on any atom is -0.394 e.